The third kappa shape index (κ3) is 7.91. The zero-order chi connectivity index (χ0) is 34.5. The molecule has 254 valence electrons. The molecule has 8 nitrogen and oxygen atoms in total. The van der Waals surface area contributed by atoms with E-state index in [4.69, 9.17) is 20.6 Å². The number of fused-ring (bicyclic) bond motifs is 7. The molecular weight excluding hydrogens is 624 g/mol. The van der Waals surface area contributed by atoms with E-state index in [0.717, 1.165) is 54.2 Å². The maximum absolute atomic E-state index is 15.7. The van der Waals surface area contributed by atoms with E-state index in [0.29, 0.717) is 17.5 Å². The number of ether oxygens (including phenoxy) is 1. The van der Waals surface area contributed by atoms with Crippen molar-refractivity contribution in [2.24, 2.45) is 10.7 Å². The van der Waals surface area contributed by atoms with Gasteiger partial charge in [0.1, 0.15) is 11.6 Å². The van der Waals surface area contributed by atoms with E-state index in [2.05, 4.69) is 23.9 Å². The smallest absolute Gasteiger partial charge is 0.303 e. The van der Waals surface area contributed by atoms with Crippen LogP contribution in [0.2, 0.25) is 0 Å². The lowest BCUT2D eigenvalue weighted by molar-refractivity contribution is -0.136. The van der Waals surface area contributed by atoms with Crippen LogP contribution in [0.3, 0.4) is 0 Å². The summed E-state index contributed by atoms with van der Waals surface area (Å²) in [5, 5.41) is 14.6. The summed E-state index contributed by atoms with van der Waals surface area (Å²) in [4.78, 5) is 19.1. The number of aliphatic imine (C=N–C) groups is 1. The highest BCUT2D eigenvalue weighted by Gasteiger charge is 2.24. The van der Waals surface area contributed by atoms with E-state index in [9.17, 15) is 4.79 Å². The third-order valence-electron chi connectivity index (χ3n) is 9.33. The monoisotopic (exact) mass is 665 g/mol. The van der Waals surface area contributed by atoms with Crippen molar-refractivity contribution < 1.29 is 23.4 Å². The van der Waals surface area contributed by atoms with Gasteiger partial charge in [-0.2, -0.15) is 5.10 Å². The highest BCUT2D eigenvalue weighted by atomic mass is 19.1. The quantitative estimate of drug-likeness (QED) is 0.177. The number of nitrogens with zero attached hydrogens (tertiary/aromatic N) is 3. The number of halogens is 2. The Bertz CT molecular complexity index is 2030. The Morgan fingerprint density at radius 1 is 1.10 bits per heavy atom. The number of H-pyrrole nitrogens is 1. The number of allylic oxidation sites excluding steroid dienone is 1. The molecule has 1 atom stereocenters. The third-order valence-corrected chi connectivity index (χ3v) is 9.33. The van der Waals surface area contributed by atoms with Crippen LogP contribution in [0, 0.1) is 11.6 Å². The van der Waals surface area contributed by atoms with Crippen LogP contribution < -0.4 is 10.5 Å². The Labute approximate surface area is 284 Å². The second-order valence-electron chi connectivity index (χ2n) is 13.3. The van der Waals surface area contributed by atoms with E-state index >= 15 is 8.78 Å². The summed E-state index contributed by atoms with van der Waals surface area (Å²) in [5.41, 5.74) is 10.7. The summed E-state index contributed by atoms with van der Waals surface area (Å²) in [5.74, 6) is -1.69. The normalized spacial score (nSPS) is 18.1. The van der Waals surface area contributed by atoms with Gasteiger partial charge in [0.2, 0.25) is 0 Å². The van der Waals surface area contributed by atoms with Crippen LogP contribution >= 0.6 is 0 Å². The summed E-state index contributed by atoms with van der Waals surface area (Å²) in [6, 6.07) is 15.1. The van der Waals surface area contributed by atoms with Gasteiger partial charge in [0, 0.05) is 58.8 Å². The first-order chi connectivity index (χ1) is 23.6. The van der Waals surface area contributed by atoms with Gasteiger partial charge in [-0.15, -0.1) is 0 Å². The largest absolute Gasteiger partial charge is 0.481 e. The van der Waals surface area contributed by atoms with Crippen molar-refractivity contribution in [2.75, 3.05) is 0 Å². The fraction of sp³-hybridized carbons (Fsp3) is 0.308. The lowest BCUT2D eigenvalue weighted by Crippen LogP contribution is -2.16. The molecule has 0 saturated heterocycles. The van der Waals surface area contributed by atoms with Crippen molar-refractivity contribution in [3.8, 4) is 11.5 Å². The minimum atomic E-state index is -0.841. The number of aliphatic carboxylic acids is 1. The number of aromatic amines is 1. The van der Waals surface area contributed by atoms with Gasteiger partial charge in [0.25, 0.3) is 0 Å². The number of carbonyl (C=O) groups is 1. The second-order valence-corrected chi connectivity index (χ2v) is 13.3. The average molecular weight is 666 g/mol. The molecule has 10 heteroatoms. The summed E-state index contributed by atoms with van der Waals surface area (Å²) in [6.45, 7) is 4.69. The molecule has 4 bridgehead atoms. The van der Waals surface area contributed by atoms with E-state index in [-0.39, 0.29) is 47.2 Å². The zero-order valence-corrected chi connectivity index (χ0v) is 27.8. The van der Waals surface area contributed by atoms with Gasteiger partial charge in [0.05, 0.1) is 18.8 Å². The Morgan fingerprint density at radius 3 is 2.80 bits per heavy atom. The van der Waals surface area contributed by atoms with Gasteiger partial charge in [-0.1, -0.05) is 57.4 Å². The number of hydrogen-bond acceptors (Lipinski definition) is 5. The van der Waals surface area contributed by atoms with Gasteiger partial charge in [-0.25, -0.2) is 8.78 Å². The molecule has 3 aromatic carbocycles. The Kier molecular flexibility index (Phi) is 9.94. The minimum Gasteiger partial charge on any atom is -0.481 e. The molecule has 1 aliphatic heterocycles. The second kappa shape index (κ2) is 14.5. The van der Waals surface area contributed by atoms with Crippen molar-refractivity contribution in [1.82, 2.24) is 14.8 Å². The molecule has 3 heterocycles. The average Bonchev–Trinajstić information content (AvgIpc) is 3.75. The van der Waals surface area contributed by atoms with E-state index in [1.165, 1.54) is 24.3 Å². The van der Waals surface area contributed by atoms with Crippen LogP contribution in [0.5, 0.6) is 11.5 Å². The van der Waals surface area contributed by atoms with E-state index < -0.39 is 17.6 Å². The van der Waals surface area contributed by atoms with Crippen LogP contribution in [0.4, 0.5) is 8.78 Å². The number of carboxylic acid groups (broad SMARTS) is 1. The Morgan fingerprint density at radius 2 is 1.96 bits per heavy atom. The predicted octanol–water partition coefficient (Wildman–Crippen LogP) is 8.85. The van der Waals surface area contributed by atoms with Crippen molar-refractivity contribution in [3.05, 3.63) is 119 Å². The highest BCUT2D eigenvalue weighted by molar-refractivity contribution is 5.86. The molecule has 49 heavy (non-hydrogen) atoms. The first kappa shape index (κ1) is 33.6. The van der Waals surface area contributed by atoms with Crippen LogP contribution in [0.1, 0.15) is 86.2 Å². The molecule has 1 aliphatic rings. The molecule has 5 aromatic rings. The topological polar surface area (TPSA) is 119 Å². The number of aryl methyl sites for hydroxylation is 1. The molecule has 1 unspecified atom stereocenters. The van der Waals surface area contributed by atoms with Crippen molar-refractivity contribution in [2.45, 2.75) is 76.8 Å². The lowest BCUT2D eigenvalue weighted by atomic mass is 9.81. The number of benzene rings is 3. The summed E-state index contributed by atoms with van der Waals surface area (Å²) in [7, 11) is 0. The fourth-order valence-corrected chi connectivity index (χ4v) is 6.44. The Hall–Kier alpha value is -5.25. The van der Waals surface area contributed by atoms with Gasteiger partial charge in [-0.3, -0.25) is 14.5 Å². The van der Waals surface area contributed by atoms with E-state index in [1.54, 1.807) is 23.2 Å². The number of aromatic nitrogens is 3. The molecule has 0 spiro atoms. The van der Waals surface area contributed by atoms with Crippen LogP contribution in [0.15, 0.2) is 84.3 Å². The molecule has 0 aliphatic carbocycles. The summed E-state index contributed by atoms with van der Waals surface area (Å²) in [6.07, 6.45) is 13.9. The predicted molar refractivity (Wildman–Crippen MR) is 188 cm³/mol. The van der Waals surface area contributed by atoms with Gasteiger partial charge < -0.3 is 20.6 Å². The fourth-order valence-electron chi connectivity index (χ4n) is 6.44. The van der Waals surface area contributed by atoms with Crippen molar-refractivity contribution in [1.29, 1.82) is 0 Å². The summed E-state index contributed by atoms with van der Waals surface area (Å²) >= 11 is 0. The van der Waals surface area contributed by atoms with Gasteiger partial charge in [-0.05, 0) is 71.7 Å². The molecular formula is C39H41F2N5O3. The number of hydrogen-bond donors (Lipinski definition) is 3. The molecule has 0 amide bonds. The van der Waals surface area contributed by atoms with Crippen LogP contribution in [-0.4, -0.2) is 32.1 Å². The van der Waals surface area contributed by atoms with Gasteiger partial charge in [0.15, 0.2) is 11.6 Å². The number of carboxylic acids is 1. The minimum absolute atomic E-state index is 0.0319. The van der Waals surface area contributed by atoms with Crippen molar-refractivity contribution in [3.63, 3.8) is 0 Å². The number of nitrogens with two attached hydrogens (primary N) is 1. The summed E-state index contributed by atoms with van der Waals surface area (Å²) < 4.78 is 38.8. The molecule has 0 radical (unpaired) electrons. The maximum Gasteiger partial charge on any atom is 0.303 e. The highest BCUT2D eigenvalue weighted by Crippen LogP contribution is 2.37. The van der Waals surface area contributed by atoms with E-state index in [1.807, 2.05) is 42.7 Å². The van der Waals surface area contributed by atoms with Gasteiger partial charge >= 0.3 is 5.97 Å². The molecule has 6 rings (SSSR count). The lowest BCUT2D eigenvalue weighted by Gasteiger charge is -2.23. The first-order valence-corrected chi connectivity index (χ1v) is 16.7. The van der Waals surface area contributed by atoms with Crippen molar-refractivity contribution >= 4 is 28.8 Å². The molecule has 0 saturated carbocycles. The van der Waals surface area contributed by atoms with Crippen LogP contribution in [0.25, 0.3) is 16.6 Å². The molecule has 4 N–H and O–H groups in total. The standard InChI is InChI=1S/C39H41F2N5O3/c1-39(2)16-5-3-4-9-35(26-8-6-7-25(19-26)10-13-37(47)48)43-18-15-34(42)30-20-28(11-12-32(30)40)49-38-31(24-46-23-27(39)22-45-46)29-14-17-44-36(29)21-33(38)41/h6-8,11-12,14-15,17-23,35,44H,3-5,9-10,13,16,24,42H2,1-2H3,(H,47,48)/b34-15-,43-18?. The zero-order valence-electron chi connectivity index (χ0n) is 27.8. The molecule has 2 aromatic heterocycles. The number of rotatable bonds is 4. The maximum atomic E-state index is 15.7. The SMILES string of the molecule is CC1(C)CCCCCC(c2cccc(CCC(=O)O)c2)N=C/C=C(\N)c2cc(ccc2F)Oc2c(F)cc3[nH]ccc3c2Cn2cc1cn2. The molecule has 0 fully saturated rings. The Balaban J connectivity index is 1.38. The van der Waals surface area contributed by atoms with Crippen LogP contribution in [-0.2, 0) is 23.2 Å². The first-order valence-electron chi connectivity index (χ1n) is 16.7. The number of nitrogens with one attached hydrogen (secondary N) is 1.